The summed E-state index contributed by atoms with van der Waals surface area (Å²) < 4.78 is 33.7. The zero-order chi connectivity index (χ0) is 20.4. The zero-order valence-corrected chi connectivity index (χ0v) is 15.0. The second-order valence-electron chi connectivity index (χ2n) is 5.96. The van der Waals surface area contributed by atoms with Crippen LogP contribution in [0.15, 0.2) is 41.3 Å². The number of carboxylic acid groups (broad SMARTS) is 1. The molecule has 0 amide bonds. The van der Waals surface area contributed by atoms with Crippen LogP contribution in [0.3, 0.4) is 0 Å². The number of pyridine rings is 1. The number of fused-ring (bicyclic) bond motifs is 1. The molecule has 0 saturated heterocycles. The van der Waals surface area contributed by atoms with Gasteiger partial charge in [-0.25, -0.2) is 13.6 Å². The summed E-state index contributed by atoms with van der Waals surface area (Å²) in [7, 11) is 0. The molecule has 0 spiro atoms. The van der Waals surface area contributed by atoms with Crippen LogP contribution in [0.25, 0.3) is 10.9 Å². The summed E-state index contributed by atoms with van der Waals surface area (Å²) in [6, 6.07) is 6.49. The van der Waals surface area contributed by atoms with Crippen LogP contribution in [-0.4, -0.2) is 27.5 Å². The van der Waals surface area contributed by atoms with Crippen molar-refractivity contribution in [2.24, 2.45) is 0 Å². The van der Waals surface area contributed by atoms with Crippen molar-refractivity contribution in [1.82, 2.24) is 4.57 Å². The van der Waals surface area contributed by atoms with E-state index in [-0.39, 0.29) is 35.5 Å². The number of halogens is 3. The van der Waals surface area contributed by atoms with Crippen molar-refractivity contribution in [2.75, 3.05) is 6.61 Å². The Bertz CT molecular complexity index is 1130. The zero-order valence-electron chi connectivity index (χ0n) is 14.3. The standard InChI is InChI=1S/C19H14ClF2NO5/c20-17-11(13(21)2-3-14(17)22)7-10-1-4-15-12(8-10)18(25)16(28-19(26)27)9-23(15)5-6-24/h1-4,8-9,24H,5-7H2,(H,26,27). The quantitative estimate of drug-likeness (QED) is 0.496. The minimum Gasteiger partial charge on any atom is -0.449 e. The Labute approximate surface area is 162 Å². The monoisotopic (exact) mass is 409 g/mol. The number of aliphatic hydroxyl groups is 1. The smallest absolute Gasteiger partial charge is 0.449 e. The fourth-order valence-electron chi connectivity index (χ4n) is 2.92. The lowest BCUT2D eigenvalue weighted by Gasteiger charge is -2.13. The summed E-state index contributed by atoms with van der Waals surface area (Å²) in [6.07, 6.45) is -0.545. The van der Waals surface area contributed by atoms with Gasteiger partial charge in [-0.05, 0) is 29.8 Å². The van der Waals surface area contributed by atoms with E-state index < -0.39 is 29.0 Å². The van der Waals surface area contributed by atoms with Crippen molar-refractivity contribution >= 4 is 28.7 Å². The molecule has 0 unspecified atom stereocenters. The van der Waals surface area contributed by atoms with Crippen molar-refractivity contribution in [3.63, 3.8) is 0 Å². The number of hydrogen-bond acceptors (Lipinski definition) is 4. The van der Waals surface area contributed by atoms with Gasteiger partial charge in [0.1, 0.15) is 11.6 Å². The SMILES string of the molecule is O=C(O)Oc1cn(CCO)c2ccc(Cc3c(F)ccc(F)c3Cl)cc2c1=O. The van der Waals surface area contributed by atoms with Crippen LogP contribution in [0.2, 0.25) is 5.02 Å². The second kappa shape index (κ2) is 7.95. The Balaban J connectivity index is 2.15. The molecule has 0 fully saturated rings. The second-order valence-corrected chi connectivity index (χ2v) is 6.34. The molecule has 28 heavy (non-hydrogen) atoms. The molecule has 0 aliphatic rings. The van der Waals surface area contributed by atoms with Crippen LogP contribution in [0.1, 0.15) is 11.1 Å². The van der Waals surface area contributed by atoms with E-state index in [0.717, 1.165) is 12.1 Å². The Morgan fingerprint density at radius 1 is 1.18 bits per heavy atom. The first kappa shape index (κ1) is 19.8. The first-order chi connectivity index (χ1) is 13.3. The van der Waals surface area contributed by atoms with Crippen LogP contribution in [0.4, 0.5) is 13.6 Å². The molecule has 1 aromatic heterocycles. The minimum absolute atomic E-state index is 0.0605. The van der Waals surface area contributed by atoms with E-state index in [1.165, 1.54) is 16.8 Å². The van der Waals surface area contributed by atoms with Crippen molar-refractivity contribution in [1.29, 1.82) is 0 Å². The third-order valence-electron chi connectivity index (χ3n) is 4.17. The van der Waals surface area contributed by atoms with Crippen LogP contribution in [0, 0.1) is 11.6 Å². The predicted octanol–water partition coefficient (Wildman–Crippen LogP) is 3.57. The molecular formula is C19H14ClF2NO5. The highest BCUT2D eigenvalue weighted by atomic mass is 35.5. The lowest BCUT2D eigenvalue weighted by molar-refractivity contribution is 0.143. The maximum atomic E-state index is 14.1. The Hall–Kier alpha value is -2.97. The summed E-state index contributed by atoms with van der Waals surface area (Å²) in [5.74, 6) is -1.88. The molecule has 0 saturated carbocycles. The fourth-order valence-corrected chi connectivity index (χ4v) is 3.14. The van der Waals surface area contributed by atoms with Gasteiger partial charge < -0.3 is 19.5 Å². The third-order valence-corrected chi connectivity index (χ3v) is 4.58. The minimum atomic E-state index is -1.66. The molecule has 146 valence electrons. The summed E-state index contributed by atoms with van der Waals surface area (Å²) in [6.45, 7) is -0.160. The van der Waals surface area contributed by atoms with Gasteiger partial charge in [-0.15, -0.1) is 0 Å². The first-order valence-corrected chi connectivity index (χ1v) is 8.49. The lowest BCUT2D eigenvalue weighted by Crippen LogP contribution is -2.17. The molecule has 2 N–H and O–H groups in total. The molecule has 3 aromatic rings. The van der Waals surface area contributed by atoms with E-state index >= 15 is 0 Å². The van der Waals surface area contributed by atoms with E-state index in [1.807, 2.05) is 0 Å². The average molecular weight is 410 g/mol. The van der Waals surface area contributed by atoms with E-state index in [4.69, 9.17) is 16.7 Å². The Kier molecular flexibility index (Phi) is 5.62. The number of nitrogens with zero attached hydrogens (tertiary/aromatic N) is 1. The topological polar surface area (TPSA) is 88.8 Å². The van der Waals surface area contributed by atoms with Crippen molar-refractivity contribution < 1.29 is 28.5 Å². The Morgan fingerprint density at radius 2 is 1.89 bits per heavy atom. The molecular weight excluding hydrogens is 396 g/mol. The molecule has 3 rings (SSSR count). The maximum Gasteiger partial charge on any atom is 0.511 e. The van der Waals surface area contributed by atoms with Gasteiger partial charge in [-0.1, -0.05) is 17.7 Å². The van der Waals surface area contributed by atoms with Gasteiger partial charge in [0.05, 0.1) is 23.3 Å². The first-order valence-electron chi connectivity index (χ1n) is 8.12. The van der Waals surface area contributed by atoms with Crippen molar-refractivity contribution in [2.45, 2.75) is 13.0 Å². The molecule has 0 bridgehead atoms. The van der Waals surface area contributed by atoms with E-state index in [9.17, 15) is 23.5 Å². The molecule has 9 heteroatoms. The van der Waals surface area contributed by atoms with Crippen LogP contribution >= 0.6 is 11.6 Å². The van der Waals surface area contributed by atoms with Crippen molar-refractivity contribution in [3.05, 3.63) is 74.5 Å². The molecule has 0 aliphatic carbocycles. The van der Waals surface area contributed by atoms with Gasteiger partial charge in [0.15, 0.2) is 5.75 Å². The number of rotatable bonds is 5. The molecule has 1 heterocycles. The number of aliphatic hydroxyl groups excluding tert-OH is 1. The lowest BCUT2D eigenvalue weighted by atomic mass is 10.0. The molecule has 2 aromatic carbocycles. The highest BCUT2D eigenvalue weighted by Crippen LogP contribution is 2.26. The van der Waals surface area contributed by atoms with Crippen molar-refractivity contribution in [3.8, 4) is 5.75 Å². The van der Waals surface area contributed by atoms with Gasteiger partial charge in [0.2, 0.25) is 5.43 Å². The van der Waals surface area contributed by atoms with Gasteiger partial charge in [0.25, 0.3) is 0 Å². The number of carbonyl (C=O) groups is 1. The summed E-state index contributed by atoms with van der Waals surface area (Å²) in [5, 5.41) is 17.8. The van der Waals surface area contributed by atoms with Gasteiger partial charge >= 0.3 is 6.16 Å². The Morgan fingerprint density at radius 3 is 2.57 bits per heavy atom. The molecule has 6 nitrogen and oxygen atoms in total. The summed E-state index contributed by atoms with van der Waals surface area (Å²) >= 11 is 5.85. The fraction of sp³-hybridized carbons (Fsp3) is 0.158. The van der Waals surface area contributed by atoms with Gasteiger partial charge in [-0.2, -0.15) is 0 Å². The molecule has 0 aliphatic heterocycles. The molecule has 0 radical (unpaired) electrons. The number of aromatic nitrogens is 1. The molecule has 0 atom stereocenters. The normalized spacial score (nSPS) is 11.0. The van der Waals surface area contributed by atoms with E-state index in [2.05, 4.69) is 4.74 Å². The van der Waals surface area contributed by atoms with Crippen LogP contribution in [-0.2, 0) is 13.0 Å². The number of benzene rings is 2. The average Bonchev–Trinajstić information content (AvgIpc) is 2.65. The number of ether oxygens (including phenoxy) is 1. The van der Waals surface area contributed by atoms with Gasteiger partial charge in [-0.3, -0.25) is 4.79 Å². The van der Waals surface area contributed by atoms with Crippen LogP contribution < -0.4 is 10.2 Å². The third kappa shape index (κ3) is 3.83. The van der Waals surface area contributed by atoms with E-state index in [0.29, 0.717) is 11.1 Å². The summed E-state index contributed by atoms with van der Waals surface area (Å²) in [4.78, 5) is 23.4. The van der Waals surface area contributed by atoms with Gasteiger partial charge in [0, 0.05) is 23.9 Å². The predicted molar refractivity (Wildman–Crippen MR) is 98.1 cm³/mol. The van der Waals surface area contributed by atoms with E-state index in [1.54, 1.807) is 12.1 Å². The highest BCUT2D eigenvalue weighted by Gasteiger charge is 2.16. The maximum absolute atomic E-state index is 14.1. The van der Waals surface area contributed by atoms with Crippen LogP contribution in [0.5, 0.6) is 5.75 Å². The highest BCUT2D eigenvalue weighted by molar-refractivity contribution is 6.31. The number of hydrogen-bond donors (Lipinski definition) is 2. The summed E-state index contributed by atoms with van der Waals surface area (Å²) in [5.41, 5.74) is 0.138. The largest absolute Gasteiger partial charge is 0.511 e.